The van der Waals surface area contributed by atoms with Gasteiger partial charge in [0.2, 0.25) is 11.7 Å². The van der Waals surface area contributed by atoms with Gasteiger partial charge in [-0.05, 0) is 31.9 Å². The normalized spacial score (nSPS) is 14.0. The Morgan fingerprint density at radius 1 is 1.13 bits per heavy atom. The Morgan fingerprint density at radius 2 is 1.90 bits per heavy atom. The predicted octanol–water partition coefficient (Wildman–Crippen LogP) is 2.14. The molecule has 0 bridgehead atoms. The van der Waals surface area contributed by atoms with E-state index in [9.17, 15) is 9.59 Å². The molecule has 1 amide bonds. The minimum atomic E-state index is -0.377. The van der Waals surface area contributed by atoms with Crippen molar-refractivity contribution >= 4 is 11.6 Å². The first-order valence-electron chi connectivity index (χ1n) is 9.87. The summed E-state index contributed by atoms with van der Waals surface area (Å²) in [5.74, 6) is 0.621. The molecule has 5 rings (SSSR count). The lowest BCUT2D eigenvalue weighted by atomic mass is 10.1. The highest BCUT2D eigenvalue weighted by Crippen LogP contribution is 2.24. The number of fused-ring (bicyclic) bond motifs is 1. The second kappa shape index (κ2) is 7.25. The van der Waals surface area contributed by atoms with Crippen molar-refractivity contribution in [2.24, 2.45) is 0 Å². The fourth-order valence-corrected chi connectivity index (χ4v) is 3.66. The van der Waals surface area contributed by atoms with Gasteiger partial charge >= 0.3 is 5.69 Å². The largest absolute Gasteiger partial charge is 0.350 e. The van der Waals surface area contributed by atoms with Gasteiger partial charge < -0.3 is 9.42 Å². The lowest BCUT2D eigenvalue weighted by molar-refractivity contribution is -0.131. The number of aromatic nitrogens is 5. The molecular formula is C21H20N6O3. The van der Waals surface area contributed by atoms with Crippen LogP contribution in [0, 0.1) is 6.92 Å². The zero-order valence-corrected chi connectivity index (χ0v) is 16.5. The van der Waals surface area contributed by atoms with Crippen molar-refractivity contribution in [3.8, 4) is 22.8 Å². The van der Waals surface area contributed by atoms with Crippen molar-refractivity contribution in [1.29, 1.82) is 0 Å². The van der Waals surface area contributed by atoms with Crippen LogP contribution in [0.5, 0.6) is 0 Å². The van der Waals surface area contributed by atoms with E-state index >= 15 is 0 Å². The summed E-state index contributed by atoms with van der Waals surface area (Å²) < 4.78 is 8.04. The third-order valence-corrected chi connectivity index (χ3v) is 5.32. The Bertz CT molecular complexity index is 1280. The molecule has 1 aromatic carbocycles. The van der Waals surface area contributed by atoms with Crippen molar-refractivity contribution < 1.29 is 9.32 Å². The topological polar surface area (TPSA) is 98.5 Å². The zero-order valence-electron chi connectivity index (χ0n) is 16.5. The summed E-state index contributed by atoms with van der Waals surface area (Å²) in [6.07, 6.45) is 3.61. The molecule has 0 atom stereocenters. The van der Waals surface area contributed by atoms with Crippen LogP contribution in [0.3, 0.4) is 0 Å². The van der Waals surface area contributed by atoms with Crippen LogP contribution >= 0.6 is 0 Å². The van der Waals surface area contributed by atoms with Crippen LogP contribution in [-0.4, -0.2) is 48.2 Å². The highest BCUT2D eigenvalue weighted by molar-refractivity contribution is 5.76. The number of carbonyl (C=O) groups is 1. The van der Waals surface area contributed by atoms with Crippen molar-refractivity contribution in [1.82, 2.24) is 29.2 Å². The average Bonchev–Trinajstić information content (AvgIpc) is 3.50. The molecule has 4 heterocycles. The maximum absolute atomic E-state index is 12.7. The Balaban J connectivity index is 1.50. The Hall–Kier alpha value is -3.75. The average molecular weight is 404 g/mol. The summed E-state index contributed by atoms with van der Waals surface area (Å²) in [5, 5.41) is 8.45. The van der Waals surface area contributed by atoms with E-state index in [2.05, 4.69) is 15.2 Å². The van der Waals surface area contributed by atoms with Gasteiger partial charge in [0.1, 0.15) is 6.54 Å². The standard InChI is InChI=1S/C21H20N6O3/c1-14-6-8-15(9-7-14)18-22-20(30-24-18)16-5-4-12-26-19(16)23-27(21(26)29)13-17(28)25-10-2-3-11-25/h4-9,12H,2-3,10-11,13H2,1H3. The third-order valence-electron chi connectivity index (χ3n) is 5.32. The monoisotopic (exact) mass is 404 g/mol. The Labute approximate surface area is 171 Å². The van der Waals surface area contributed by atoms with Gasteiger partial charge in [0.15, 0.2) is 5.65 Å². The molecule has 0 unspecified atom stereocenters. The number of rotatable bonds is 4. The van der Waals surface area contributed by atoms with Crippen molar-refractivity contribution in [2.45, 2.75) is 26.3 Å². The summed E-state index contributed by atoms with van der Waals surface area (Å²) in [7, 11) is 0. The highest BCUT2D eigenvalue weighted by Gasteiger charge is 2.22. The molecule has 0 spiro atoms. The first kappa shape index (κ1) is 18.3. The van der Waals surface area contributed by atoms with E-state index in [0.29, 0.717) is 17.0 Å². The summed E-state index contributed by atoms with van der Waals surface area (Å²) >= 11 is 0. The number of carbonyl (C=O) groups excluding carboxylic acids is 1. The molecule has 9 nitrogen and oxygen atoms in total. The fraction of sp³-hybridized carbons (Fsp3) is 0.286. The van der Waals surface area contributed by atoms with Gasteiger partial charge in [-0.15, -0.1) is 5.10 Å². The molecule has 1 saturated heterocycles. The summed E-state index contributed by atoms with van der Waals surface area (Å²) in [4.78, 5) is 31.4. The van der Waals surface area contributed by atoms with E-state index in [0.717, 1.165) is 37.1 Å². The first-order chi connectivity index (χ1) is 14.6. The number of hydrogen-bond acceptors (Lipinski definition) is 6. The van der Waals surface area contributed by atoms with Crippen LogP contribution in [-0.2, 0) is 11.3 Å². The predicted molar refractivity (Wildman–Crippen MR) is 109 cm³/mol. The van der Waals surface area contributed by atoms with Gasteiger partial charge in [-0.2, -0.15) is 4.98 Å². The fourth-order valence-electron chi connectivity index (χ4n) is 3.66. The van der Waals surface area contributed by atoms with Crippen LogP contribution in [0.1, 0.15) is 18.4 Å². The van der Waals surface area contributed by atoms with E-state index < -0.39 is 0 Å². The van der Waals surface area contributed by atoms with Gasteiger partial charge in [-0.25, -0.2) is 13.9 Å². The van der Waals surface area contributed by atoms with Gasteiger partial charge in [-0.1, -0.05) is 35.0 Å². The molecule has 0 radical (unpaired) electrons. The smallest absolute Gasteiger partial charge is 0.341 e. The number of pyridine rings is 1. The van der Waals surface area contributed by atoms with Gasteiger partial charge in [-0.3, -0.25) is 4.79 Å². The second-order valence-electron chi connectivity index (χ2n) is 7.43. The van der Waals surface area contributed by atoms with Crippen LogP contribution in [0.25, 0.3) is 28.5 Å². The first-order valence-corrected chi connectivity index (χ1v) is 9.87. The van der Waals surface area contributed by atoms with Crippen molar-refractivity contribution in [2.75, 3.05) is 13.1 Å². The molecular weight excluding hydrogens is 384 g/mol. The number of nitrogens with zero attached hydrogens (tertiary/aromatic N) is 6. The molecule has 1 fully saturated rings. The lowest BCUT2D eigenvalue weighted by Crippen LogP contribution is -2.34. The summed E-state index contributed by atoms with van der Waals surface area (Å²) in [5.41, 5.74) is 2.50. The Kier molecular flexibility index (Phi) is 4.42. The van der Waals surface area contributed by atoms with Crippen molar-refractivity contribution in [3.05, 3.63) is 58.6 Å². The van der Waals surface area contributed by atoms with E-state index in [1.165, 1.54) is 9.08 Å². The zero-order chi connectivity index (χ0) is 20.7. The molecule has 3 aromatic heterocycles. The summed E-state index contributed by atoms with van der Waals surface area (Å²) in [6, 6.07) is 11.3. The number of benzene rings is 1. The van der Waals surface area contributed by atoms with E-state index in [1.807, 2.05) is 31.2 Å². The molecule has 0 saturated carbocycles. The van der Waals surface area contributed by atoms with Gasteiger partial charge in [0, 0.05) is 24.8 Å². The maximum atomic E-state index is 12.7. The molecule has 1 aliphatic rings. The van der Waals surface area contributed by atoms with E-state index in [1.54, 1.807) is 23.2 Å². The molecule has 0 N–H and O–H groups in total. The lowest BCUT2D eigenvalue weighted by Gasteiger charge is -2.14. The Morgan fingerprint density at radius 3 is 2.67 bits per heavy atom. The van der Waals surface area contributed by atoms with Crippen LogP contribution in [0.2, 0.25) is 0 Å². The molecule has 9 heteroatoms. The minimum absolute atomic E-state index is 0.0849. The number of aryl methyl sites for hydroxylation is 1. The van der Waals surface area contributed by atoms with Crippen LogP contribution < -0.4 is 5.69 Å². The molecule has 30 heavy (non-hydrogen) atoms. The molecule has 1 aliphatic heterocycles. The SMILES string of the molecule is Cc1ccc(-c2noc(-c3cccn4c(=O)n(CC(=O)N5CCCC5)nc34)n2)cc1. The minimum Gasteiger partial charge on any atom is -0.341 e. The second-order valence-corrected chi connectivity index (χ2v) is 7.43. The molecule has 0 aliphatic carbocycles. The van der Waals surface area contributed by atoms with E-state index in [4.69, 9.17) is 4.52 Å². The highest BCUT2D eigenvalue weighted by atomic mass is 16.5. The number of hydrogen-bond donors (Lipinski definition) is 0. The van der Waals surface area contributed by atoms with Crippen LogP contribution in [0.4, 0.5) is 0 Å². The third kappa shape index (κ3) is 3.18. The number of amides is 1. The van der Waals surface area contributed by atoms with E-state index in [-0.39, 0.29) is 24.0 Å². The van der Waals surface area contributed by atoms with Gasteiger partial charge in [0.25, 0.3) is 5.89 Å². The van der Waals surface area contributed by atoms with Crippen molar-refractivity contribution in [3.63, 3.8) is 0 Å². The molecule has 152 valence electrons. The maximum Gasteiger partial charge on any atom is 0.350 e. The quantitative estimate of drug-likeness (QED) is 0.517. The summed E-state index contributed by atoms with van der Waals surface area (Å²) in [6.45, 7) is 3.39. The van der Waals surface area contributed by atoms with Crippen LogP contribution in [0.15, 0.2) is 51.9 Å². The molecule has 4 aromatic rings. The number of likely N-dealkylation sites (tertiary alicyclic amines) is 1. The van der Waals surface area contributed by atoms with Gasteiger partial charge in [0.05, 0.1) is 5.56 Å².